The molecule has 1 heterocycles. The number of rotatable bonds is 8. The Hall–Kier alpha value is -0.120. The van der Waals surface area contributed by atoms with E-state index in [9.17, 15) is 0 Å². The summed E-state index contributed by atoms with van der Waals surface area (Å²) in [6.07, 6.45) is 9.18. The normalized spacial score (nSPS) is 26.6. The zero-order valence-electron chi connectivity index (χ0n) is 14.5. The van der Waals surface area contributed by atoms with Crippen LogP contribution in [0.15, 0.2) is 0 Å². The largest absolute Gasteiger partial charge is 0.375 e. The molecule has 1 spiro atoms. The maximum absolute atomic E-state index is 6.21. The number of nitrogens with one attached hydrogen (secondary N) is 1. The molecule has 3 nitrogen and oxygen atoms in total. The number of ether oxygens (including phenoxy) is 1. The van der Waals surface area contributed by atoms with Gasteiger partial charge in [0.2, 0.25) is 0 Å². The fourth-order valence-corrected chi connectivity index (χ4v) is 4.40. The van der Waals surface area contributed by atoms with Crippen molar-refractivity contribution in [2.24, 2.45) is 5.92 Å². The molecule has 3 heteroatoms. The molecule has 2 aliphatic rings. The minimum atomic E-state index is 0.256. The van der Waals surface area contributed by atoms with Crippen molar-refractivity contribution in [2.45, 2.75) is 77.4 Å². The van der Waals surface area contributed by atoms with Gasteiger partial charge in [0.15, 0.2) is 0 Å². The van der Waals surface area contributed by atoms with Crippen LogP contribution in [0.3, 0.4) is 0 Å². The molecule has 1 saturated heterocycles. The summed E-state index contributed by atoms with van der Waals surface area (Å²) in [5.74, 6) is 0.812. The first-order valence-electron chi connectivity index (χ1n) is 9.32. The first-order chi connectivity index (χ1) is 10.2. The van der Waals surface area contributed by atoms with Crippen molar-refractivity contribution in [3.05, 3.63) is 0 Å². The monoisotopic (exact) mass is 296 g/mol. The Bertz CT molecular complexity index is 285. The van der Waals surface area contributed by atoms with Gasteiger partial charge in [-0.25, -0.2) is 0 Å². The minimum Gasteiger partial charge on any atom is -0.375 e. The van der Waals surface area contributed by atoms with Crippen LogP contribution in [0.25, 0.3) is 0 Å². The molecule has 1 N–H and O–H groups in total. The van der Waals surface area contributed by atoms with Crippen LogP contribution in [0.4, 0.5) is 0 Å². The summed E-state index contributed by atoms with van der Waals surface area (Å²) in [5, 5.41) is 3.78. The first-order valence-corrected chi connectivity index (χ1v) is 9.32. The molecule has 1 aliphatic heterocycles. The Morgan fingerprint density at radius 2 is 1.90 bits per heavy atom. The van der Waals surface area contributed by atoms with Gasteiger partial charge >= 0.3 is 0 Å². The Kier molecular flexibility index (Phi) is 6.97. The maximum Gasteiger partial charge on any atom is 0.0685 e. The van der Waals surface area contributed by atoms with Crippen LogP contribution in [0, 0.1) is 5.92 Å². The second-order valence-corrected chi connectivity index (χ2v) is 6.97. The first kappa shape index (κ1) is 17.2. The predicted molar refractivity (Wildman–Crippen MR) is 89.7 cm³/mol. The van der Waals surface area contributed by atoms with Gasteiger partial charge in [-0.05, 0) is 64.2 Å². The van der Waals surface area contributed by atoms with Gasteiger partial charge in [0, 0.05) is 12.6 Å². The van der Waals surface area contributed by atoms with E-state index in [1.165, 1.54) is 64.6 Å². The lowest BCUT2D eigenvalue weighted by Gasteiger charge is -2.42. The van der Waals surface area contributed by atoms with Crippen molar-refractivity contribution < 1.29 is 4.74 Å². The van der Waals surface area contributed by atoms with Gasteiger partial charge < -0.3 is 15.0 Å². The number of hydrogen-bond donors (Lipinski definition) is 1. The standard InChI is InChI=1S/C18H36N2O/c1-4-19-17(9-13-20(5-2)6-3)16-10-14-21-18(15-16)11-7-8-12-18/h16-17,19H,4-15H2,1-3H3. The average Bonchev–Trinajstić information content (AvgIpc) is 2.95. The quantitative estimate of drug-likeness (QED) is 0.742. The molecule has 0 aromatic rings. The highest BCUT2D eigenvalue weighted by Gasteiger charge is 2.41. The van der Waals surface area contributed by atoms with E-state index in [0.717, 1.165) is 19.1 Å². The Morgan fingerprint density at radius 1 is 1.19 bits per heavy atom. The molecule has 124 valence electrons. The van der Waals surface area contributed by atoms with Gasteiger partial charge in [0.1, 0.15) is 0 Å². The van der Waals surface area contributed by atoms with Gasteiger partial charge in [-0.3, -0.25) is 0 Å². The highest BCUT2D eigenvalue weighted by molar-refractivity contribution is 4.94. The number of hydrogen-bond acceptors (Lipinski definition) is 3. The van der Waals surface area contributed by atoms with Gasteiger partial charge in [0.25, 0.3) is 0 Å². The topological polar surface area (TPSA) is 24.5 Å². The van der Waals surface area contributed by atoms with Crippen LogP contribution in [0.2, 0.25) is 0 Å². The highest BCUT2D eigenvalue weighted by atomic mass is 16.5. The molecule has 0 aromatic heterocycles. The zero-order valence-corrected chi connectivity index (χ0v) is 14.5. The van der Waals surface area contributed by atoms with Crippen LogP contribution in [0.1, 0.15) is 65.7 Å². The summed E-state index contributed by atoms with van der Waals surface area (Å²) < 4.78 is 6.21. The van der Waals surface area contributed by atoms with Gasteiger partial charge in [-0.1, -0.05) is 33.6 Å². The van der Waals surface area contributed by atoms with Gasteiger partial charge in [-0.15, -0.1) is 0 Å². The van der Waals surface area contributed by atoms with E-state index in [1.807, 2.05) is 0 Å². The van der Waals surface area contributed by atoms with Crippen molar-refractivity contribution in [3.8, 4) is 0 Å². The number of nitrogens with zero attached hydrogens (tertiary/aromatic N) is 1. The summed E-state index contributed by atoms with van der Waals surface area (Å²) in [5.41, 5.74) is 0.256. The van der Waals surface area contributed by atoms with E-state index >= 15 is 0 Å². The molecule has 21 heavy (non-hydrogen) atoms. The summed E-state index contributed by atoms with van der Waals surface area (Å²) in [7, 11) is 0. The smallest absolute Gasteiger partial charge is 0.0685 e. The fourth-order valence-electron chi connectivity index (χ4n) is 4.40. The molecular weight excluding hydrogens is 260 g/mol. The second-order valence-electron chi connectivity index (χ2n) is 6.97. The van der Waals surface area contributed by atoms with Crippen LogP contribution in [-0.4, -0.2) is 49.3 Å². The van der Waals surface area contributed by atoms with E-state index in [2.05, 4.69) is 31.0 Å². The van der Waals surface area contributed by atoms with Crippen LogP contribution in [0.5, 0.6) is 0 Å². The molecule has 2 rings (SSSR count). The van der Waals surface area contributed by atoms with E-state index in [0.29, 0.717) is 6.04 Å². The van der Waals surface area contributed by atoms with Gasteiger partial charge in [-0.2, -0.15) is 0 Å². The van der Waals surface area contributed by atoms with E-state index < -0.39 is 0 Å². The van der Waals surface area contributed by atoms with Crippen molar-refractivity contribution >= 4 is 0 Å². The Balaban J connectivity index is 1.90. The molecule has 1 aliphatic carbocycles. The van der Waals surface area contributed by atoms with E-state index in [4.69, 9.17) is 4.74 Å². The summed E-state index contributed by atoms with van der Waals surface area (Å²) >= 11 is 0. The Labute approximate surface area is 131 Å². The van der Waals surface area contributed by atoms with Crippen LogP contribution in [-0.2, 0) is 4.74 Å². The van der Waals surface area contributed by atoms with Crippen molar-refractivity contribution in [3.63, 3.8) is 0 Å². The molecule has 2 unspecified atom stereocenters. The molecule has 0 amide bonds. The summed E-state index contributed by atoms with van der Waals surface area (Å²) in [6.45, 7) is 12.4. The molecule has 0 radical (unpaired) electrons. The van der Waals surface area contributed by atoms with Crippen molar-refractivity contribution in [1.82, 2.24) is 10.2 Å². The third-order valence-electron chi connectivity index (χ3n) is 5.73. The average molecular weight is 296 g/mol. The summed E-state index contributed by atoms with van der Waals surface area (Å²) in [4.78, 5) is 2.55. The predicted octanol–water partition coefficient (Wildman–Crippen LogP) is 3.44. The third kappa shape index (κ3) is 4.67. The SMILES string of the molecule is CCNC(CCN(CC)CC)C1CCOC2(CCCC2)C1. The summed E-state index contributed by atoms with van der Waals surface area (Å²) in [6, 6.07) is 0.678. The minimum absolute atomic E-state index is 0.256. The fraction of sp³-hybridized carbons (Fsp3) is 1.00. The molecule has 0 bridgehead atoms. The molecule has 2 atom stereocenters. The lowest BCUT2D eigenvalue weighted by molar-refractivity contribution is -0.0984. The van der Waals surface area contributed by atoms with Gasteiger partial charge in [0.05, 0.1) is 5.60 Å². The van der Waals surface area contributed by atoms with E-state index in [1.54, 1.807) is 0 Å². The Morgan fingerprint density at radius 3 is 2.52 bits per heavy atom. The molecular formula is C18H36N2O. The lowest BCUT2D eigenvalue weighted by atomic mass is 9.79. The zero-order chi connectivity index (χ0) is 15.1. The van der Waals surface area contributed by atoms with Crippen LogP contribution < -0.4 is 5.32 Å². The van der Waals surface area contributed by atoms with E-state index in [-0.39, 0.29) is 5.60 Å². The molecule has 2 fully saturated rings. The second kappa shape index (κ2) is 8.50. The van der Waals surface area contributed by atoms with Crippen LogP contribution >= 0.6 is 0 Å². The highest BCUT2D eigenvalue weighted by Crippen LogP contribution is 2.43. The molecule has 0 aromatic carbocycles. The molecule has 1 saturated carbocycles. The lowest BCUT2D eigenvalue weighted by Crippen LogP contribution is -2.47. The van der Waals surface area contributed by atoms with Crippen molar-refractivity contribution in [1.29, 1.82) is 0 Å². The third-order valence-corrected chi connectivity index (χ3v) is 5.73. The van der Waals surface area contributed by atoms with Crippen molar-refractivity contribution in [2.75, 3.05) is 32.8 Å². The maximum atomic E-state index is 6.21.